The van der Waals surface area contributed by atoms with E-state index in [2.05, 4.69) is 5.32 Å². The van der Waals surface area contributed by atoms with Crippen molar-refractivity contribution in [1.82, 2.24) is 4.90 Å². The highest BCUT2D eigenvalue weighted by molar-refractivity contribution is 5.96. The highest BCUT2D eigenvalue weighted by Gasteiger charge is 2.30. The van der Waals surface area contributed by atoms with Crippen LogP contribution in [0.2, 0.25) is 0 Å². The van der Waals surface area contributed by atoms with Crippen LogP contribution in [0.1, 0.15) is 35.7 Å². The predicted octanol–water partition coefficient (Wildman–Crippen LogP) is 3.63. The maximum Gasteiger partial charge on any atom is 0.238 e. The van der Waals surface area contributed by atoms with E-state index in [1.807, 2.05) is 4.90 Å². The van der Waals surface area contributed by atoms with Gasteiger partial charge in [-0.1, -0.05) is 18.2 Å². The molecule has 1 amide bonds. The molecule has 0 aromatic heterocycles. The molecule has 2 aromatic rings. The van der Waals surface area contributed by atoms with Gasteiger partial charge in [-0.05, 0) is 50.1 Å². The van der Waals surface area contributed by atoms with Gasteiger partial charge in [-0.25, -0.2) is 4.39 Å². The molecule has 0 unspecified atom stereocenters. The summed E-state index contributed by atoms with van der Waals surface area (Å²) in [6.07, 6.45) is 2.07. The van der Waals surface area contributed by atoms with E-state index in [0.29, 0.717) is 29.4 Å². The average molecular weight is 340 g/mol. The second-order valence-corrected chi connectivity index (χ2v) is 6.41. The van der Waals surface area contributed by atoms with Crippen molar-refractivity contribution in [3.63, 3.8) is 0 Å². The number of carbonyl (C=O) groups is 2. The Kier molecular flexibility index (Phi) is 5.24. The molecule has 1 saturated carbocycles. The van der Waals surface area contributed by atoms with Crippen molar-refractivity contribution in [2.75, 3.05) is 11.9 Å². The number of rotatable bonds is 7. The van der Waals surface area contributed by atoms with E-state index >= 15 is 0 Å². The highest BCUT2D eigenvalue weighted by Crippen LogP contribution is 2.28. The lowest BCUT2D eigenvalue weighted by atomic mass is 10.1. The summed E-state index contributed by atoms with van der Waals surface area (Å²) in [7, 11) is 0. The number of anilines is 1. The van der Waals surface area contributed by atoms with Gasteiger partial charge in [0, 0.05) is 29.4 Å². The second kappa shape index (κ2) is 7.57. The third-order valence-electron chi connectivity index (χ3n) is 4.32. The van der Waals surface area contributed by atoms with Gasteiger partial charge in [0.2, 0.25) is 5.91 Å². The summed E-state index contributed by atoms with van der Waals surface area (Å²) in [6, 6.07) is 13.8. The van der Waals surface area contributed by atoms with Crippen molar-refractivity contribution >= 4 is 17.4 Å². The maximum atomic E-state index is 13.9. The Balaban J connectivity index is 1.61. The highest BCUT2D eigenvalue weighted by atomic mass is 19.1. The van der Waals surface area contributed by atoms with Crippen LogP contribution in [-0.4, -0.2) is 29.2 Å². The quantitative estimate of drug-likeness (QED) is 0.783. The fraction of sp³-hybridized carbons (Fsp3) is 0.300. The molecule has 130 valence electrons. The summed E-state index contributed by atoms with van der Waals surface area (Å²) in [5.41, 5.74) is 1.86. The zero-order valence-corrected chi connectivity index (χ0v) is 14.2. The van der Waals surface area contributed by atoms with E-state index in [1.54, 1.807) is 42.5 Å². The number of ketones is 1. The van der Waals surface area contributed by atoms with E-state index in [4.69, 9.17) is 0 Å². The molecule has 0 spiro atoms. The van der Waals surface area contributed by atoms with Crippen LogP contribution in [0, 0.1) is 5.82 Å². The minimum atomic E-state index is -0.242. The van der Waals surface area contributed by atoms with Crippen molar-refractivity contribution in [2.24, 2.45) is 0 Å². The molecule has 4 nitrogen and oxygen atoms in total. The van der Waals surface area contributed by atoms with Gasteiger partial charge in [0.15, 0.2) is 5.78 Å². The van der Waals surface area contributed by atoms with E-state index in [1.165, 1.54) is 13.0 Å². The van der Waals surface area contributed by atoms with Crippen molar-refractivity contribution in [1.29, 1.82) is 0 Å². The zero-order valence-electron chi connectivity index (χ0n) is 14.2. The van der Waals surface area contributed by atoms with Crippen LogP contribution in [0.4, 0.5) is 10.1 Å². The van der Waals surface area contributed by atoms with Crippen LogP contribution in [0.3, 0.4) is 0 Å². The van der Waals surface area contributed by atoms with Gasteiger partial charge < -0.3 is 5.32 Å². The Morgan fingerprint density at radius 3 is 2.40 bits per heavy atom. The zero-order chi connectivity index (χ0) is 17.8. The Morgan fingerprint density at radius 1 is 1.12 bits per heavy atom. The van der Waals surface area contributed by atoms with Gasteiger partial charge in [0.05, 0.1) is 6.54 Å². The van der Waals surface area contributed by atoms with Gasteiger partial charge >= 0.3 is 0 Å². The first-order valence-electron chi connectivity index (χ1n) is 8.41. The molecule has 1 N–H and O–H groups in total. The van der Waals surface area contributed by atoms with Crippen LogP contribution in [-0.2, 0) is 11.3 Å². The predicted molar refractivity (Wildman–Crippen MR) is 94.9 cm³/mol. The standard InChI is InChI=1S/C20H21FN2O2/c1-14(24)15-6-8-17(9-7-15)22-20(25)13-23(18-10-11-18)12-16-4-2-3-5-19(16)21/h2-9,18H,10-13H2,1H3,(H,22,25). The third-order valence-corrected chi connectivity index (χ3v) is 4.32. The van der Waals surface area contributed by atoms with Crippen LogP contribution < -0.4 is 5.32 Å². The topological polar surface area (TPSA) is 49.4 Å². The van der Waals surface area contributed by atoms with E-state index in [-0.39, 0.29) is 24.1 Å². The summed E-state index contributed by atoms with van der Waals surface area (Å²) < 4.78 is 13.9. The summed E-state index contributed by atoms with van der Waals surface area (Å²) in [5.74, 6) is -0.394. The van der Waals surface area contributed by atoms with Crippen molar-refractivity contribution in [3.8, 4) is 0 Å². The molecule has 5 heteroatoms. The number of nitrogens with one attached hydrogen (secondary N) is 1. The van der Waals surface area contributed by atoms with Crippen LogP contribution in [0.25, 0.3) is 0 Å². The summed E-state index contributed by atoms with van der Waals surface area (Å²) in [6.45, 7) is 2.14. The Bertz CT molecular complexity index is 770. The fourth-order valence-electron chi connectivity index (χ4n) is 2.77. The number of benzene rings is 2. The number of nitrogens with zero attached hydrogens (tertiary/aromatic N) is 1. The smallest absolute Gasteiger partial charge is 0.238 e. The molecule has 0 radical (unpaired) electrons. The minimum absolute atomic E-state index is 0.0114. The number of amides is 1. The molecular weight excluding hydrogens is 319 g/mol. The molecule has 0 aliphatic heterocycles. The Labute approximate surface area is 146 Å². The number of Topliss-reactive ketones (excluding diaryl/α,β-unsaturated/α-hetero) is 1. The van der Waals surface area contributed by atoms with E-state index < -0.39 is 0 Å². The van der Waals surface area contributed by atoms with Gasteiger partial charge in [-0.3, -0.25) is 14.5 Å². The molecule has 2 aromatic carbocycles. The molecule has 0 heterocycles. The van der Waals surface area contributed by atoms with E-state index in [9.17, 15) is 14.0 Å². The third kappa shape index (κ3) is 4.73. The summed E-state index contributed by atoms with van der Waals surface area (Å²) in [4.78, 5) is 25.6. The van der Waals surface area contributed by atoms with Gasteiger partial charge in [-0.15, -0.1) is 0 Å². The Morgan fingerprint density at radius 2 is 1.80 bits per heavy atom. The monoisotopic (exact) mass is 340 g/mol. The summed E-state index contributed by atoms with van der Waals surface area (Å²) in [5, 5.41) is 2.84. The SMILES string of the molecule is CC(=O)c1ccc(NC(=O)CN(Cc2ccccc2F)C2CC2)cc1. The van der Waals surface area contributed by atoms with Gasteiger partial charge in [0.25, 0.3) is 0 Å². The number of carbonyl (C=O) groups excluding carboxylic acids is 2. The molecule has 1 aliphatic rings. The largest absolute Gasteiger partial charge is 0.325 e. The lowest BCUT2D eigenvalue weighted by molar-refractivity contribution is -0.117. The lowest BCUT2D eigenvalue weighted by Crippen LogP contribution is -2.34. The Hall–Kier alpha value is -2.53. The lowest BCUT2D eigenvalue weighted by Gasteiger charge is -2.21. The maximum absolute atomic E-state index is 13.9. The molecule has 1 aliphatic carbocycles. The van der Waals surface area contributed by atoms with Crippen molar-refractivity contribution in [3.05, 3.63) is 65.5 Å². The van der Waals surface area contributed by atoms with Gasteiger partial charge in [0.1, 0.15) is 5.82 Å². The molecule has 0 bridgehead atoms. The van der Waals surface area contributed by atoms with Crippen LogP contribution in [0.5, 0.6) is 0 Å². The summed E-state index contributed by atoms with van der Waals surface area (Å²) >= 11 is 0. The molecular formula is C20H21FN2O2. The average Bonchev–Trinajstić information content (AvgIpc) is 3.41. The first-order valence-corrected chi connectivity index (χ1v) is 8.41. The fourth-order valence-corrected chi connectivity index (χ4v) is 2.77. The number of hydrogen-bond acceptors (Lipinski definition) is 3. The molecule has 0 atom stereocenters. The van der Waals surface area contributed by atoms with Crippen LogP contribution >= 0.6 is 0 Å². The molecule has 1 fully saturated rings. The number of halogens is 1. The van der Waals surface area contributed by atoms with Gasteiger partial charge in [-0.2, -0.15) is 0 Å². The number of hydrogen-bond donors (Lipinski definition) is 1. The normalized spacial score (nSPS) is 13.7. The molecule has 0 saturated heterocycles. The first kappa shape index (κ1) is 17.3. The van der Waals surface area contributed by atoms with E-state index in [0.717, 1.165) is 12.8 Å². The first-order chi connectivity index (χ1) is 12.0. The van der Waals surface area contributed by atoms with Crippen molar-refractivity contribution < 1.29 is 14.0 Å². The molecule has 25 heavy (non-hydrogen) atoms. The minimum Gasteiger partial charge on any atom is -0.325 e. The molecule has 3 rings (SSSR count). The van der Waals surface area contributed by atoms with Crippen LogP contribution in [0.15, 0.2) is 48.5 Å². The van der Waals surface area contributed by atoms with Crippen molar-refractivity contribution in [2.45, 2.75) is 32.4 Å². The second-order valence-electron chi connectivity index (χ2n) is 6.41.